The van der Waals surface area contributed by atoms with Crippen LogP contribution in [0.1, 0.15) is 12.7 Å². The molecule has 0 unspecified atom stereocenters. The van der Waals surface area contributed by atoms with Gasteiger partial charge in [-0.05, 0) is 35.4 Å². The minimum atomic E-state index is 0.880. The molecule has 2 heterocycles. The van der Waals surface area contributed by atoms with Crippen molar-refractivity contribution in [2.45, 2.75) is 13.3 Å². The summed E-state index contributed by atoms with van der Waals surface area (Å²) in [6.07, 6.45) is 2.97. The van der Waals surface area contributed by atoms with E-state index in [1.165, 1.54) is 11.1 Å². The smallest absolute Gasteiger partial charge is 0.160 e. The number of pyridine rings is 1. The lowest BCUT2D eigenvalue weighted by Crippen LogP contribution is -1.92. The van der Waals surface area contributed by atoms with Crippen molar-refractivity contribution in [1.82, 2.24) is 14.6 Å². The van der Waals surface area contributed by atoms with Crippen molar-refractivity contribution in [2.75, 3.05) is 0 Å². The average Bonchev–Trinajstić information content (AvgIpc) is 2.81. The molecular formula is C14H12BrN3. The fourth-order valence-corrected chi connectivity index (χ4v) is 2.26. The summed E-state index contributed by atoms with van der Waals surface area (Å²) in [6, 6.07) is 12.4. The summed E-state index contributed by atoms with van der Waals surface area (Å²) >= 11 is 3.45. The van der Waals surface area contributed by atoms with Crippen LogP contribution in [0.25, 0.3) is 16.8 Å². The molecule has 0 aliphatic heterocycles. The highest BCUT2D eigenvalue weighted by Crippen LogP contribution is 2.22. The van der Waals surface area contributed by atoms with Gasteiger partial charge >= 0.3 is 0 Å². The topological polar surface area (TPSA) is 30.2 Å². The van der Waals surface area contributed by atoms with E-state index in [0.29, 0.717) is 0 Å². The number of benzene rings is 1. The van der Waals surface area contributed by atoms with Crippen molar-refractivity contribution < 1.29 is 0 Å². The van der Waals surface area contributed by atoms with E-state index in [2.05, 4.69) is 61.8 Å². The fraction of sp³-hybridized carbons (Fsp3) is 0.143. The number of rotatable bonds is 2. The van der Waals surface area contributed by atoms with E-state index < -0.39 is 0 Å². The van der Waals surface area contributed by atoms with Gasteiger partial charge < -0.3 is 0 Å². The van der Waals surface area contributed by atoms with Crippen molar-refractivity contribution >= 4 is 21.6 Å². The van der Waals surface area contributed by atoms with Crippen molar-refractivity contribution in [2.24, 2.45) is 0 Å². The van der Waals surface area contributed by atoms with Crippen LogP contribution in [0.2, 0.25) is 0 Å². The van der Waals surface area contributed by atoms with Crippen molar-refractivity contribution in [3.05, 3.63) is 52.9 Å². The van der Waals surface area contributed by atoms with E-state index in [1.807, 2.05) is 18.2 Å². The van der Waals surface area contributed by atoms with Crippen molar-refractivity contribution in [3.63, 3.8) is 0 Å². The highest BCUT2D eigenvalue weighted by Gasteiger charge is 2.05. The fourth-order valence-electron chi connectivity index (χ4n) is 1.99. The van der Waals surface area contributed by atoms with Gasteiger partial charge in [0.2, 0.25) is 0 Å². The Labute approximate surface area is 114 Å². The second kappa shape index (κ2) is 4.53. The van der Waals surface area contributed by atoms with Crippen LogP contribution in [0.4, 0.5) is 0 Å². The van der Waals surface area contributed by atoms with E-state index in [4.69, 9.17) is 0 Å². The first-order chi connectivity index (χ1) is 8.78. The maximum atomic E-state index is 4.17. The molecule has 0 N–H and O–H groups in total. The minimum Gasteiger partial charge on any atom is -0.286 e. The number of aromatic nitrogens is 3. The molecule has 0 bridgehead atoms. The molecule has 0 aliphatic carbocycles. The summed E-state index contributed by atoms with van der Waals surface area (Å²) in [5.41, 5.74) is 3.26. The molecule has 0 saturated carbocycles. The number of hydrogen-bond donors (Lipinski definition) is 0. The molecule has 0 aliphatic rings. The molecule has 3 rings (SSSR count). The van der Waals surface area contributed by atoms with Gasteiger partial charge in [0.1, 0.15) is 5.82 Å². The largest absolute Gasteiger partial charge is 0.286 e. The SMILES string of the molecule is CCc1nnc2ccc(-c3ccc(Br)cc3)cn12. The highest BCUT2D eigenvalue weighted by molar-refractivity contribution is 9.10. The van der Waals surface area contributed by atoms with Crippen molar-refractivity contribution in [3.8, 4) is 11.1 Å². The summed E-state index contributed by atoms with van der Waals surface area (Å²) in [5, 5.41) is 8.31. The summed E-state index contributed by atoms with van der Waals surface area (Å²) in [4.78, 5) is 0. The molecule has 18 heavy (non-hydrogen) atoms. The van der Waals surface area contributed by atoms with Crippen LogP contribution in [0.15, 0.2) is 47.1 Å². The molecule has 3 nitrogen and oxygen atoms in total. The Hall–Kier alpha value is -1.68. The number of aryl methyl sites for hydroxylation is 1. The monoisotopic (exact) mass is 301 g/mol. The van der Waals surface area contributed by atoms with Crippen LogP contribution >= 0.6 is 15.9 Å². The maximum absolute atomic E-state index is 4.17. The van der Waals surface area contributed by atoms with Gasteiger partial charge in [-0.15, -0.1) is 10.2 Å². The quantitative estimate of drug-likeness (QED) is 0.722. The minimum absolute atomic E-state index is 0.880. The molecular weight excluding hydrogens is 290 g/mol. The molecule has 0 saturated heterocycles. The molecule has 90 valence electrons. The summed E-state index contributed by atoms with van der Waals surface area (Å²) < 4.78 is 3.14. The van der Waals surface area contributed by atoms with Crippen LogP contribution in [-0.2, 0) is 6.42 Å². The first-order valence-corrected chi connectivity index (χ1v) is 6.67. The van der Waals surface area contributed by atoms with Gasteiger partial charge in [0.15, 0.2) is 5.65 Å². The van der Waals surface area contributed by atoms with E-state index in [1.54, 1.807) is 0 Å². The summed E-state index contributed by atoms with van der Waals surface area (Å²) in [7, 11) is 0. The van der Waals surface area contributed by atoms with E-state index in [0.717, 1.165) is 22.4 Å². The molecule has 1 aromatic carbocycles. The molecule has 0 radical (unpaired) electrons. The number of halogens is 1. The average molecular weight is 302 g/mol. The van der Waals surface area contributed by atoms with Crippen LogP contribution < -0.4 is 0 Å². The molecule has 3 aromatic rings. The zero-order chi connectivity index (χ0) is 12.5. The third kappa shape index (κ3) is 1.93. The first kappa shape index (κ1) is 11.4. The Morgan fingerprint density at radius 3 is 2.44 bits per heavy atom. The van der Waals surface area contributed by atoms with Gasteiger partial charge in [-0.25, -0.2) is 0 Å². The summed E-state index contributed by atoms with van der Waals surface area (Å²) in [5.74, 6) is 0.990. The Morgan fingerprint density at radius 2 is 1.72 bits per heavy atom. The zero-order valence-corrected chi connectivity index (χ0v) is 11.6. The van der Waals surface area contributed by atoms with Crippen molar-refractivity contribution in [1.29, 1.82) is 0 Å². The molecule has 2 aromatic heterocycles. The van der Waals surface area contributed by atoms with Crippen LogP contribution in [-0.4, -0.2) is 14.6 Å². The van der Waals surface area contributed by atoms with E-state index in [-0.39, 0.29) is 0 Å². The number of fused-ring (bicyclic) bond motifs is 1. The summed E-state index contributed by atoms with van der Waals surface area (Å²) in [6.45, 7) is 2.09. The highest BCUT2D eigenvalue weighted by atomic mass is 79.9. The van der Waals surface area contributed by atoms with Gasteiger partial charge in [0.25, 0.3) is 0 Å². The third-order valence-electron chi connectivity index (χ3n) is 2.97. The Morgan fingerprint density at radius 1 is 1.00 bits per heavy atom. The predicted octanol–water partition coefficient (Wildman–Crippen LogP) is 3.72. The standard InChI is InChI=1S/C14H12BrN3/c1-2-13-16-17-14-8-5-11(9-18(13)14)10-3-6-12(15)7-4-10/h3-9H,2H2,1H3. The molecule has 0 spiro atoms. The number of nitrogens with zero attached hydrogens (tertiary/aromatic N) is 3. The van der Waals surface area contributed by atoms with Crippen LogP contribution in [0, 0.1) is 0 Å². The molecule has 0 amide bonds. The maximum Gasteiger partial charge on any atom is 0.160 e. The van der Waals surface area contributed by atoms with E-state index >= 15 is 0 Å². The zero-order valence-electron chi connectivity index (χ0n) is 9.97. The third-order valence-corrected chi connectivity index (χ3v) is 3.50. The van der Waals surface area contributed by atoms with Gasteiger partial charge in [-0.1, -0.05) is 35.0 Å². The van der Waals surface area contributed by atoms with Gasteiger partial charge in [-0.3, -0.25) is 4.40 Å². The molecule has 4 heteroatoms. The molecule has 0 atom stereocenters. The van der Waals surface area contributed by atoms with Gasteiger partial charge in [0, 0.05) is 17.1 Å². The van der Waals surface area contributed by atoms with E-state index in [9.17, 15) is 0 Å². The second-order valence-electron chi connectivity index (χ2n) is 4.12. The van der Waals surface area contributed by atoms with Crippen LogP contribution in [0.3, 0.4) is 0 Å². The Balaban J connectivity index is 2.14. The Bertz CT molecular complexity index is 686. The normalized spacial score (nSPS) is 11.0. The lowest BCUT2D eigenvalue weighted by Gasteiger charge is -2.04. The predicted molar refractivity (Wildman–Crippen MR) is 75.5 cm³/mol. The van der Waals surface area contributed by atoms with Gasteiger partial charge in [-0.2, -0.15) is 0 Å². The molecule has 0 fully saturated rings. The number of hydrogen-bond acceptors (Lipinski definition) is 2. The van der Waals surface area contributed by atoms with Crippen LogP contribution in [0.5, 0.6) is 0 Å². The van der Waals surface area contributed by atoms with Gasteiger partial charge in [0.05, 0.1) is 0 Å². The first-order valence-electron chi connectivity index (χ1n) is 5.87. The lowest BCUT2D eigenvalue weighted by atomic mass is 10.1. The Kier molecular flexibility index (Phi) is 2.88. The second-order valence-corrected chi connectivity index (χ2v) is 5.04. The lowest BCUT2D eigenvalue weighted by molar-refractivity contribution is 0.910.